The van der Waals surface area contributed by atoms with Crippen LogP contribution in [0.2, 0.25) is 0 Å². The molecular formula is C11H8FNO5. The molecular weight excluding hydrogens is 245 g/mol. The van der Waals surface area contributed by atoms with Gasteiger partial charge in [0.05, 0.1) is 23.7 Å². The molecule has 0 amide bonds. The number of halogens is 1. The SMILES string of the molecule is C#CCOc1cc(C(=O)OC)c(F)cc1[N+](=O)[O-]. The van der Waals surface area contributed by atoms with Gasteiger partial charge in [-0.05, 0) is 0 Å². The fourth-order valence-electron chi connectivity index (χ4n) is 1.19. The molecule has 0 aliphatic carbocycles. The van der Waals surface area contributed by atoms with E-state index in [9.17, 15) is 19.3 Å². The molecule has 0 bridgehead atoms. The molecule has 0 heterocycles. The Labute approximate surface area is 101 Å². The Hall–Kier alpha value is -2.62. The van der Waals surface area contributed by atoms with Crippen LogP contribution >= 0.6 is 0 Å². The van der Waals surface area contributed by atoms with Crippen LogP contribution < -0.4 is 4.74 Å². The van der Waals surface area contributed by atoms with Crippen molar-refractivity contribution >= 4 is 11.7 Å². The van der Waals surface area contributed by atoms with E-state index < -0.39 is 28.0 Å². The Kier molecular flexibility index (Phi) is 4.21. The molecule has 1 aromatic rings. The predicted molar refractivity (Wildman–Crippen MR) is 58.7 cm³/mol. The molecule has 0 aliphatic rings. The second-order valence-electron chi connectivity index (χ2n) is 3.04. The van der Waals surface area contributed by atoms with E-state index in [-0.39, 0.29) is 12.4 Å². The van der Waals surface area contributed by atoms with Gasteiger partial charge in [-0.3, -0.25) is 10.1 Å². The van der Waals surface area contributed by atoms with Gasteiger partial charge in [-0.15, -0.1) is 6.42 Å². The number of carbonyl (C=O) groups is 1. The normalized spacial score (nSPS) is 9.39. The third-order valence-electron chi connectivity index (χ3n) is 1.96. The number of nitro groups is 1. The molecule has 0 spiro atoms. The lowest BCUT2D eigenvalue weighted by atomic mass is 10.1. The first kappa shape index (κ1) is 13.4. The Morgan fingerprint density at radius 3 is 2.78 bits per heavy atom. The molecule has 0 unspecified atom stereocenters. The molecule has 0 fully saturated rings. The Balaban J connectivity index is 3.31. The number of benzene rings is 1. The largest absolute Gasteiger partial charge is 0.474 e. The number of nitrogens with zero attached hydrogens (tertiary/aromatic N) is 1. The van der Waals surface area contributed by atoms with E-state index in [4.69, 9.17) is 11.2 Å². The molecule has 7 heteroatoms. The quantitative estimate of drug-likeness (QED) is 0.352. The van der Waals surface area contributed by atoms with E-state index in [0.29, 0.717) is 6.07 Å². The summed E-state index contributed by atoms with van der Waals surface area (Å²) in [5.41, 5.74) is -1.08. The molecule has 18 heavy (non-hydrogen) atoms. The van der Waals surface area contributed by atoms with Gasteiger partial charge in [-0.1, -0.05) is 5.92 Å². The summed E-state index contributed by atoms with van der Waals surface area (Å²) in [5.74, 6) is -0.220. The third kappa shape index (κ3) is 2.74. The van der Waals surface area contributed by atoms with Gasteiger partial charge in [0.15, 0.2) is 5.75 Å². The van der Waals surface area contributed by atoms with Gasteiger partial charge in [0.1, 0.15) is 12.4 Å². The molecule has 6 nitrogen and oxygen atoms in total. The third-order valence-corrected chi connectivity index (χ3v) is 1.96. The van der Waals surface area contributed by atoms with Gasteiger partial charge in [-0.25, -0.2) is 9.18 Å². The van der Waals surface area contributed by atoms with Crippen molar-refractivity contribution in [2.45, 2.75) is 0 Å². The summed E-state index contributed by atoms with van der Waals surface area (Å²) < 4.78 is 22.7. The van der Waals surface area contributed by atoms with Gasteiger partial charge in [-0.2, -0.15) is 0 Å². The standard InChI is InChI=1S/C11H8FNO5/c1-3-4-18-10-5-7(11(14)17-2)8(12)6-9(10)13(15)16/h1,5-6H,4H2,2H3. The molecule has 1 rings (SSSR count). The molecule has 0 atom stereocenters. The Morgan fingerprint density at radius 2 is 2.28 bits per heavy atom. The van der Waals surface area contributed by atoms with Crippen LogP contribution in [0.3, 0.4) is 0 Å². The second-order valence-corrected chi connectivity index (χ2v) is 3.04. The molecule has 0 aromatic heterocycles. The summed E-state index contributed by atoms with van der Waals surface area (Å²) in [7, 11) is 1.06. The summed E-state index contributed by atoms with van der Waals surface area (Å²) in [5, 5.41) is 10.7. The highest BCUT2D eigenvalue weighted by molar-refractivity contribution is 5.90. The van der Waals surface area contributed by atoms with Crippen molar-refractivity contribution in [1.29, 1.82) is 0 Å². The Morgan fingerprint density at radius 1 is 1.61 bits per heavy atom. The number of rotatable bonds is 4. The predicted octanol–water partition coefficient (Wildman–Crippen LogP) is 1.53. The van der Waals surface area contributed by atoms with E-state index in [0.717, 1.165) is 13.2 Å². The molecule has 1 aromatic carbocycles. The fourth-order valence-corrected chi connectivity index (χ4v) is 1.19. The van der Waals surface area contributed by atoms with Crippen molar-refractivity contribution < 1.29 is 23.6 Å². The van der Waals surface area contributed by atoms with E-state index >= 15 is 0 Å². The van der Waals surface area contributed by atoms with Crippen LogP contribution in [-0.2, 0) is 4.74 Å². The minimum Gasteiger partial charge on any atom is -0.474 e. The average molecular weight is 253 g/mol. The maximum absolute atomic E-state index is 13.4. The first-order valence-electron chi connectivity index (χ1n) is 4.63. The molecule has 0 saturated carbocycles. The van der Waals surface area contributed by atoms with Crippen molar-refractivity contribution in [2.24, 2.45) is 0 Å². The first-order valence-corrected chi connectivity index (χ1v) is 4.63. The fraction of sp³-hybridized carbons (Fsp3) is 0.182. The number of ether oxygens (including phenoxy) is 2. The first-order chi connectivity index (χ1) is 8.51. The van der Waals surface area contributed by atoms with Crippen molar-refractivity contribution in [1.82, 2.24) is 0 Å². The molecule has 0 radical (unpaired) electrons. The lowest BCUT2D eigenvalue weighted by Crippen LogP contribution is -2.07. The highest BCUT2D eigenvalue weighted by Crippen LogP contribution is 2.30. The van der Waals surface area contributed by atoms with Crippen molar-refractivity contribution in [3.63, 3.8) is 0 Å². The van der Waals surface area contributed by atoms with Gasteiger partial charge >= 0.3 is 11.7 Å². The van der Waals surface area contributed by atoms with Crippen LogP contribution in [0.25, 0.3) is 0 Å². The van der Waals surface area contributed by atoms with Crippen LogP contribution in [0.15, 0.2) is 12.1 Å². The van der Waals surface area contributed by atoms with Gasteiger partial charge in [0, 0.05) is 6.07 Å². The van der Waals surface area contributed by atoms with Gasteiger partial charge < -0.3 is 9.47 Å². The van der Waals surface area contributed by atoms with Gasteiger partial charge in [0.2, 0.25) is 0 Å². The summed E-state index contributed by atoms with van der Waals surface area (Å²) in [6.07, 6.45) is 4.95. The van der Waals surface area contributed by atoms with Crippen LogP contribution in [0, 0.1) is 28.3 Å². The lowest BCUT2D eigenvalue weighted by molar-refractivity contribution is -0.386. The Bertz CT molecular complexity index is 535. The van der Waals surface area contributed by atoms with E-state index in [1.807, 2.05) is 0 Å². The molecule has 0 aliphatic heterocycles. The lowest BCUT2D eigenvalue weighted by Gasteiger charge is -2.06. The second kappa shape index (κ2) is 5.63. The molecule has 0 N–H and O–H groups in total. The van der Waals surface area contributed by atoms with E-state index in [2.05, 4.69) is 10.7 Å². The zero-order valence-electron chi connectivity index (χ0n) is 9.31. The molecule has 0 saturated heterocycles. The number of hydrogen-bond donors (Lipinski definition) is 0. The van der Waals surface area contributed by atoms with Crippen LogP contribution in [0.1, 0.15) is 10.4 Å². The summed E-state index contributed by atoms with van der Waals surface area (Å²) in [4.78, 5) is 21.1. The number of nitro benzene ring substituents is 1. The smallest absolute Gasteiger partial charge is 0.340 e. The van der Waals surface area contributed by atoms with Crippen LogP contribution in [0.4, 0.5) is 10.1 Å². The minimum absolute atomic E-state index is 0.243. The maximum atomic E-state index is 13.4. The zero-order valence-corrected chi connectivity index (χ0v) is 9.31. The minimum atomic E-state index is -1.07. The van der Waals surface area contributed by atoms with Crippen molar-refractivity contribution in [3.8, 4) is 18.1 Å². The topological polar surface area (TPSA) is 78.7 Å². The van der Waals surface area contributed by atoms with Crippen molar-refractivity contribution in [3.05, 3.63) is 33.6 Å². The van der Waals surface area contributed by atoms with E-state index in [1.165, 1.54) is 0 Å². The van der Waals surface area contributed by atoms with Crippen LogP contribution in [-0.4, -0.2) is 24.6 Å². The monoisotopic (exact) mass is 253 g/mol. The number of methoxy groups -OCH3 is 1. The van der Waals surface area contributed by atoms with Crippen LogP contribution in [0.5, 0.6) is 5.75 Å². The number of esters is 1. The molecule has 94 valence electrons. The summed E-state index contributed by atoms with van der Waals surface area (Å²) >= 11 is 0. The maximum Gasteiger partial charge on any atom is 0.340 e. The van der Waals surface area contributed by atoms with E-state index in [1.54, 1.807) is 0 Å². The van der Waals surface area contributed by atoms with Crippen molar-refractivity contribution in [2.75, 3.05) is 13.7 Å². The average Bonchev–Trinajstić information content (AvgIpc) is 2.35. The highest BCUT2D eigenvalue weighted by Gasteiger charge is 2.23. The number of terminal acetylenes is 1. The number of carbonyl (C=O) groups excluding carboxylic acids is 1. The summed E-state index contributed by atoms with van der Waals surface area (Å²) in [6.45, 7) is -0.243. The zero-order chi connectivity index (χ0) is 13.7. The summed E-state index contributed by atoms with van der Waals surface area (Å²) in [6, 6.07) is 1.47. The number of hydrogen-bond acceptors (Lipinski definition) is 5. The highest BCUT2D eigenvalue weighted by atomic mass is 19.1. The van der Waals surface area contributed by atoms with Gasteiger partial charge in [0.25, 0.3) is 0 Å².